The Morgan fingerprint density at radius 2 is 2.20 bits per heavy atom. The van der Waals surface area contributed by atoms with E-state index < -0.39 is 6.04 Å². The van der Waals surface area contributed by atoms with E-state index in [0.29, 0.717) is 12.8 Å². The summed E-state index contributed by atoms with van der Waals surface area (Å²) in [5.74, 6) is -0.146. The third kappa shape index (κ3) is 1.98. The van der Waals surface area contributed by atoms with E-state index in [4.69, 9.17) is 0 Å². The van der Waals surface area contributed by atoms with E-state index in [-0.39, 0.29) is 5.91 Å². The largest absolute Gasteiger partial charge is 0.347 e. The van der Waals surface area contributed by atoms with Gasteiger partial charge in [-0.1, -0.05) is 18.2 Å². The number of rotatable bonds is 2. The summed E-state index contributed by atoms with van der Waals surface area (Å²) in [6.07, 6.45) is 2.00. The number of amides is 2. The van der Waals surface area contributed by atoms with E-state index in [1.165, 1.54) is 0 Å². The fourth-order valence-electron chi connectivity index (χ4n) is 1.75. The second-order valence-electron chi connectivity index (χ2n) is 3.52. The summed E-state index contributed by atoms with van der Waals surface area (Å²) in [7, 11) is 0. The topological polar surface area (TPSA) is 58.2 Å². The van der Waals surface area contributed by atoms with Crippen LogP contribution < -0.4 is 10.6 Å². The molecule has 15 heavy (non-hydrogen) atoms. The number of fused-ring (bicyclic) bond motifs is 1. The lowest BCUT2D eigenvalue weighted by Crippen LogP contribution is -2.38. The van der Waals surface area contributed by atoms with E-state index in [2.05, 4.69) is 10.6 Å². The first-order chi connectivity index (χ1) is 7.31. The van der Waals surface area contributed by atoms with Crippen molar-refractivity contribution >= 4 is 18.0 Å². The van der Waals surface area contributed by atoms with E-state index in [1.54, 1.807) is 0 Å². The number of para-hydroxylation sites is 1. The molecule has 0 aliphatic carbocycles. The van der Waals surface area contributed by atoms with Crippen molar-refractivity contribution < 1.29 is 9.59 Å². The number of hydrogen-bond donors (Lipinski definition) is 2. The second-order valence-corrected chi connectivity index (χ2v) is 3.52. The maximum atomic E-state index is 11.6. The third-order valence-corrected chi connectivity index (χ3v) is 2.56. The van der Waals surface area contributed by atoms with Gasteiger partial charge in [0.15, 0.2) is 0 Å². The van der Waals surface area contributed by atoms with Crippen molar-refractivity contribution in [3.05, 3.63) is 29.8 Å². The molecule has 4 nitrogen and oxygen atoms in total. The Bertz CT molecular complexity index is 390. The molecule has 2 N–H and O–H groups in total. The molecule has 0 unspecified atom stereocenters. The summed E-state index contributed by atoms with van der Waals surface area (Å²) >= 11 is 0. The van der Waals surface area contributed by atoms with Crippen LogP contribution in [0.4, 0.5) is 5.69 Å². The highest BCUT2D eigenvalue weighted by Crippen LogP contribution is 2.21. The van der Waals surface area contributed by atoms with Gasteiger partial charge in [-0.2, -0.15) is 0 Å². The fraction of sp³-hybridized carbons (Fsp3) is 0.273. The van der Waals surface area contributed by atoms with Crippen LogP contribution in [0.1, 0.15) is 12.0 Å². The van der Waals surface area contributed by atoms with Crippen LogP contribution >= 0.6 is 0 Å². The number of hydrogen-bond acceptors (Lipinski definition) is 2. The molecule has 0 radical (unpaired) electrons. The molecule has 0 saturated heterocycles. The monoisotopic (exact) mass is 204 g/mol. The first kappa shape index (κ1) is 9.71. The Kier molecular flexibility index (Phi) is 2.67. The number of carbonyl (C=O) groups excluding carboxylic acids is 2. The zero-order valence-corrected chi connectivity index (χ0v) is 8.19. The van der Waals surface area contributed by atoms with Crippen LogP contribution in [0.5, 0.6) is 0 Å². The van der Waals surface area contributed by atoms with Gasteiger partial charge in [0.05, 0.1) is 0 Å². The maximum absolute atomic E-state index is 11.6. The number of benzene rings is 1. The van der Waals surface area contributed by atoms with Gasteiger partial charge in [-0.25, -0.2) is 0 Å². The summed E-state index contributed by atoms with van der Waals surface area (Å²) in [6.45, 7) is 0. The van der Waals surface area contributed by atoms with E-state index in [1.807, 2.05) is 24.3 Å². The summed E-state index contributed by atoms with van der Waals surface area (Å²) in [5.41, 5.74) is 1.96. The normalized spacial score (nSPS) is 19.7. The number of anilines is 1. The Balaban J connectivity index is 2.22. The zero-order chi connectivity index (χ0) is 10.7. The van der Waals surface area contributed by atoms with Gasteiger partial charge in [0.25, 0.3) is 0 Å². The van der Waals surface area contributed by atoms with E-state index >= 15 is 0 Å². The molecule has 1 aromatic carbocycles. The molecule has 0 fully saturated rings. The molecule has 1 atom stereocenters. The molecule has 2 amide bonds. The van der Waals surface area contributed by atoms with Crippen molar-refractivity contribution in [2.45, 2.75) is 18.9 Å². The molecule has 1 heterocycles. The minimum absolute atomic E-state index is 0.146. The van der Waals surface area contributed by atoms with Crippen LogP contribution in [0.25, 0.3) is 0 Å². The van der Waals surface area contributed by atoms with Crippen molar-refractivity contribution in [3.63, 3.8) is 0 Å². The summed E-state index contributed by atoms with van der Waals surface area (Å²) in [4.78, 5) is 21.9. The minimum atomic E-state index is -0.421. The lowest BCUT2D eigenvalue weighted by molar-refractivity contribution is -0.121. The summed E-state index contributed by atoms with van der Waals surface area (Å²) in [5, 5.41) is 5.31. The van der Waals surface area contributed by atoms with Crippen LogP contribution in [-0.4, -0.2) is 18.4 Å². The van der Waals surface area contributed by atoms with Crippen LogP contribution in [0.2, 0.25) is 0 Å². The molecule has 0 bridgehead atoms. The smallest absolute Gasteiger partial charge is 0.246 e. The SMILES string of the molecule is O=CN[C@H]1CCc2ccccc2NC1=O. The van der Waals surface area contributed by atoms with Crippen molar-refractivity contribution in [1.82, 2.24) is 5.32 Å². The van der Waals surface area contributed by atoms with E-state index in [9.17, 15) is 9.59 Å². The van der Waals surface area contributed by atoms with Crippen LogP contribution in [0.3, 0.4) is 0 Å². The molecular weight excluding hydrogens is 192 g/mol. The second kappa shape index (κ2) is 4.13. The van der Waals surface area contributed by atoms with Crippen LogP contribution in [0, 0.1) is 0 Å². The van der Waals surface area contributed by atoms with Crippen LogP contribution in [0.15, 0.2) is 24.3 Å². The van der Waals surface area contributed by atoms with Crippen molar-refractivity contribution in [3.8, 4) is 0 Å². The van der Waals surface area contributed by atoms with Gasteiger partial charge in [-0.15, -0.1) is 0 Å². The van der Waals surface area contributed by atoms with Gasteiger partial charge in [0.1, 0.15) is 6.04 Å². The van der Waals surface area contributed by atoms with Crippen molar-refractivity contribution in [2.24, 2.45) is 0 Å². The molecule has 78 valence electrons. The average Bonchev–Trinajstić information content (AvgIpc) is 2.40. The highest BCUT2D eigenvalue weighted by atomic mass is 16.2. The standard InChI is InChI=1S/C11H12N2O2/c14-7-12-10-6-5-8-3-1-2-4-9(8)13-11(10)15/h1-4,7,10H,5-6H2,(H,12,14)(H,13,15)/t10-/m0/s1. The lowest BCUT2D eigenvalue weighted by atomic mass is 10.1. The number of nitrogens with one attached hydrogen (secondary N) is 2. The first-order valence-corrected chi connectivity index (χ1v) is 4.90. The van der Waals surface area contributed by atoms with Crippen molar-refractivity contribution in [2.75, 3.05) is 5.32 Å². The van der Waals surface area contributed by atoms with Gasteiger partial charge in [-0.3, -0.25) is 9.59 Å². The molecule has 1 aliphatic heterocycles. The molecule has 1 aliphatic rings. The third-order valence-electron chi connectivity index (χ3n) is 2.56. The molecule has 0 saturated carbocycles. The number of carbonyl (C=O) groups is 2. The highest BCUT2D eigenvalue weighted by molar-refractivity contribution is 5.97. The predicted molar refractivity (Wildman–Crippen MR) is 56.4 cm³/mol. The average molecular weight is 204 g/mol. The summed E-state index contributed by atoms with van der Waals surface area (Å²) in [6, 6.07) is 7.26. The van der Waals surface area contributed by atoms with Gasteiger partial charge in [-0.05, 0) is 24.5 Å². The van der Waals surface area contributed by atoms with Gasteiger partial charge in [0, 0.05) is 5.69 Å². The van der Waals surface area contributed by atoms with Gasteiger partial charge < -0.3 is 10.6 Å². The Morgan fingerprint density at radius 3 is 3.00 bits per heavy atom. The van der Waals surface area contributed by atoms with Crippen molar-refractivity contribution in [1.29, 1.82) is 0 Å². The molecule has 2 rings (SSSR count). The number of aryl methyl sites for hydroxylation is 1. The van der Waals surface area contributed by atoms with Gasteiger partial charge >= 0.3 is 0 Å². The Labute approximate surface area is 87.7 Å². The Hall–Kier alpha value is -1.84. The quantitative estimate of drug-likeness (QED) is 0.696. The highest BCUT2D eigenvalue weighted by Gasteiger charge is 2.22. The minimum Gasteiger partial charge on any atom is -0.347 e. The zero-order valence-electron chi connectivity index (χ0n) is 8.19. The lowest BCUT2D eigenvalue weighted by Gasteiger charge is -2.10. The molecule has 1 aromatic rings. The molecule has 4 heteroatoms. The fourth-order valence-corrected chi connectivity index (χ4v) is 1.75. The molecular formula is C11H12N2O2. The molecule has 0 aromatic heterocycles. The maximum Gasteiger partial charge on any atom is 0.246 e. The predicted octanol–water partition coefficient (Wildman–Crippen LogP) is 0.686. The van der Waals surface area contributed by atoms with E-state index in [0.717, 1.165) is 17.7 Å². The van der Waals surface area contributed by atoms with Crippen LogP contribution in [-0.2, 0) is 16.0 Å². The van der Waals surface area contributed by atoms with Gasteiger partial charge in [0.2, 0.25) is 12.3 Å². The first-order valence-electron chi connectivity index (χ1n) is 4.90. The summed E-state index contributed by atoms with van der Waals surface area (Å²) < 4.78 is 0. The Morgan fingerprint density at radius 1 is 1.40 bits per heavy atom. The molecule has 0 spiro atoms.